The van der Waals surface area contributed by atoms with E-state index in [9.17, 15) is 0 Å². The molecule has 1 saturated heterocycles. The number of hydrogen-bond acceptors (Lipinski definition) is 2. The number of nitrogens with zero attached hydrogens (tertiary/aromatic N) is 1. The van der Waals surface area contributed by atoms with Crippen molar-refractivity contribution >= 4 is 0 Å². The van der Waals surface area contributed by atoms with Crippen LogP contribution < -0.4 is 5.32 Å². The van der Waals surface area contributed by atoms with Crippen LogP contribution in [0.4, 0.5) is 0 Å². The summed E-state index contributed by atoms with van der Waals surface area (Å²) in [5, 5.41) is 3.45. The molecule has 2 aliphatic carbocycles. The smallest absolute Gasteiger partial charge is 0.0140 e. The lowest BCUT2D eigenvalue weighted by molar-refractivity contribution is 0.160. The second-order valence-corrected chi connectivity index (χ2v) is 6.72. The molecular formula is C17H26N2. The van der Waals surface area contributed by atoms with Gasteiger partial charge in [-0.1, -0.05) is 38.2 Å². The van der Waals surface area contributed by atoms with Crippen LogP contribution in [0.3, 0.4) is 0 Å². The molecule has 1 heterocycles. The van der Waals surface area contributed by atoms with Crippen molar-refractivity contribution in [1.82, 2.24) is 10.2 Å². The molecule has 3 rings (SSSR count). The largest absolute Gasteiger partial charge is 0.314 e. The summed E-state index contributed by atoms with van der Waals surface area (Å²) >= 11 is 0. The fourth-order valence-electron chi connectivity index (χ4n) is 3.38. The molecule has 0 aromatic rings. The maximum Gasteiger partial charge on any atom is 0.0140 e. The summed E-state index contributed by atoms with van der Waals surface area (Å²) in [5.41, 5.74) is 3.37. The maximum absolute atomic E-state index is 3.45. The SMILES string of the molecule is CC1(C)C=CC2=C(C=C1)C[C@H](N1CCNCC1)CC2. The number of nitrogens with one attached hydrogen (secondary N) is 1. The van der Waals surface area contributed by atoms with Gasteiger partial charge in [-0.25, -0.2) is 0 Å². The van der Waals surface area contributed by atoms with Gasteiger partial charge in [0.15, 0.2) is 0 Å². The zero-order valence-electron chi connectivity index (χ0n) is 12.3. The standard InChI is InChI=1S/C17H26N2/c1-17(2)7-5-14-3-4-16(13-15(14)6-8-17)19-11-9-18-10-12-19/h5-8,16,18H,3-4,9-13H2,1-2H3/t16-/m1/s1. The Morgan fingerprint density at radius 1 is 1.11 bits per heavy atom. The van der Waals surface area contributed by atoms with Gasteiger partial charge in [0.2, 0.25) is 0 Å². The molecule has 0 unspecified atom stereocenters. The molecule has 2 heteroatoms. The molecule has 19 heavy (non-hydrogen) atoms. The summed E-state index contributed by atoms with van der Waals surface area (Å²) in [5.74, 6) is 0. The van der Waals surface area contributed by atoms with Crippen molar-refractivity contribution in [3.05, 3.63) is 35.5 Å². The Kier molecular flexibility index (Phi) is 3.64. The van der Waals surface area contributed by atoms with Crippen molar-refractivity contribution < 1.29 is 0 Å². The average Bonchev–Trinajstić information content (AvgIpc) is 2.59. The topological polar surface area (TPSA) is 15.3 Å². The van der Waals surface area contributed by atoms with Gasteiger partial charge in [0, 0.05) is 37.6 Å². The Bertz CT molecular complexity index is 423. The van der Waals surface area contributed by atoms with Gasteiger partial charge in [-0.05, 0) is 30.4 Å². The van der Waals surface area contributed by atoms with Crippen LogP contribution >= 0.6 is 0 Å². The molecule has 0 spiro atoms. The van der Waals surface area contributed by atoms with Gasteiger partial charge in [-0.15, -0.1) is 0 Å². The van der Waals surface area contributed by atoms with Crippen LogP contribution in [0.5, 0.6) is 0 Å². The van der Waals surface area contributed by atoms with E-state index in [1.165, 1.54) is 32.4 Å². The Labute approximate surface area is 117 Å². The summed E-state index contributed by atoms with van der Waals surface area (Å²) in [4.78, 5) is 2.69. The molecule has 0 aromatic heterocycles. The Morgan fingerprint density at radius 2 is 1.79 bits per heavy atom. The highest BCUT2D eigenvalue weighted by atomic mass is 15.2. The Hall–Kier alpha value is -0.860. The Morgan fingerprint density at radius 3 is 2.53 bits per heavy atom. The quantitative estimate of drug-likeness (QED) is 0.778. The maximum atomic E-state index is 3.45. The summed E-state index contributed by atoms with van der Waals surface area (Å²) in [6, 6.07) is 0.764. The van der Waals surface area contributed by atoms with Crippen molar-refractivity contribution in [2.45, 2.75) is 39.2 Å². The highest BCUT2D eigenvalue weighted by molar-refractivity contribution is 5.40. The van der Waals surface area contributed by atoms with E-state index < -0.39 is 0 Å². The van der Waals surface area contributed by atoms with Crippen LogP contribution in [0.1, 0.15) is 33.1 Å². The summed E-state index contributed by atoms with van der Waals surface area (Å²) in [6.07, 6.45) is 13.3. The third-order valence-electron chi connectivity index (χ3n) is 4.71. The second-order valence-electron chi connectivity index (χ2n) is 6.72. The monoisotopic (exact) mass is 258 g/mol. The van der Waals surface area contributed by atoms with Crippen LogP contribution in [0.25, 0.3) is 0 Å². The van der Waals surface area contributed by atoms with Crippen LogP contribution in [0.2, 0.25) is 0 Å². The van der Waals surface area contributed by atoms with E-state index in [2.05, 4.69) is 48.4 Å². The molecule has 0 radical (unpaired) electrons. The number of piperazine rings is 1. The van der Waals surface area contributed by atoms with Gasteiger partial charge in [0.25, 0.3) is 0 Å². The third-order valence-corrected chi connectivity index (χ3v) is 4.71. The van der Waals surface area contributed by atoms with Gasteiger partial charge in [0.05, 0.1) is 0 Å². The molecule has 0 bridgehead atoms. The van der Waals surface area contributed by atoms with E-state index in [0.717, 1.165) is 19.1 Å². The van der Waals surface area contributed by atoms with Crippen LogP contribution in [0.15, 0.2) is 35.5 Å². The van der Waals surface area contributed by atoms with Crippen molar-refractivity contribution in [1.29, 1.82) is 0 Å². The molecule has 0 saturated carbocycles. The molecule has 104 valence electrons. The van der Waals surface area contributed by atoms with E-state index in [4.69, 9.17) is 0 Å². The first kappa shape index (κ1) is 13.1. The summed E-state index contributed by atoms with van der Waals surface area (Å²) in [7, 11) is 0. The van der Waals surface area contributed by atoms with E-state index in [1.807, 2.05) is 0 Å². The van der Waals surface area contributed by atoms with Crippen molar-refractivity contribution in [2.75, 3.05) is 26.2 Å². The minimum Gasteiger partial charge on any atom is -0.314 e. The van der Waals surface area contributed by atoms with Crippen molar-refractivity contribution in [2.24, 2.45) is 5.41 Å². The zero-order valence-corrected chi connectivity index (χ0v) is 12.3. The van der Waals surface area contributed by atoms with E-state index >= 15 is 0 Å². The minimum atomic E-state index is 0.210. The molecule has 0 aromatic carbocycles. The first-order valence-corrected chi connectivity index (χ1v) is 7.69. The first-order chi connectivity index (χ1) is 9.14. The number of hydrogen-bond donors (Lipinski definition) is 1. The third kappa shape index (κ3) is 3.01. The van der Waals surface area contributed by atoms with E-state index in [1.54, 1.807) is 11.1 Å². The van der Waals surface area contributed by atoms with Gasteiger partial charge < -0.3 is 5.32 Å². The number of rotatable bonds is 1. The van der Waals surface area contributed by atoms with Gasteiger partial charge in [-0.2, -0.15) is 0 Å². The second kappa shape index (κ2) is 5.26. The fourth-order valence-corrected chi connectivity index (χ4v) is 3.38. The summed E-state index contributed by atoms with van der Waals surface area (Å²) in [6.45, 7) is 9.32. The molecule has 1 N–H and O–H groups in total. The zero-order chi connectivity index (χ0) is 13.3. The van der Waals surface area contributed by atoms with Crippen LogP contribution in [-0.2, 0) is 0 Å². The van der Waals surface area contributed by atoms with E-state index in [0.29, 0.717) is 0 Å². The van der Waals surface area contributed by atoms with Crippen molar-refractivity contribution in [3.63, 3.8) is 0 Å². The van der Waals surface area contributed by atoms with Gasteiger partial charge in [-0.3, -0.25) is 4.90 Å². The molecule has 3 aliphatic rings. The van der Waals surface area contributed by atoms with E-state index in [-0.39, 0.29) is 5.41 Å². The van der Waals surface area contributed by atoms with Crippen LogP contribution in [-0.4, -0.2) is 37.1 Å². The first-order valence-electron chi connectivity index (χ1n) is 7.69. The van der Waals surface area contributed by atoms with Crippen LogP contribution in [0, 0.1) is 5.41 Å². The molecular weight excluding hydrogens is 232 g/mol. The van der Waals surface area contributed by atoms with Crippen molar-refractivity contribution in [3.8, 4) is 0 Å². The van der Waals surface area contributed by atoms with Gasteiger partial charge >= 0.3 is 0 Å². The Balaban J connectivity index is 1.73. The fraction of sp³-hybridized carbons (Fsp3) is 0.647. The normalized spacial score (nSPS) is 31.2. The molecule has 1 aliphatic heterocycles. The lowest BCUT2D eigenvalue weighted by Crippen LogP contribution is -2.49. The highest BCUT2D eigenvalue weighted by Crippen LogP contribution is 2.34. The van der Waals surface area contributed by atoms with Gasteiger partial charge in [0.1, 0.15) is 0 Å². The predicted octanol–water partition coefficient (Wildman–Crippen LogP) is 2.89. The molecule has 2 nitrogen and oxygen atoms in total. The predicted molar refractivity (Wildman–Crippen MR) is 81.2 cm³/mol. The lowest BCUT2D eigenvalue weighted by atomic mass is 9.87. The minimum absolute atomic E-state index is 0.210. The average molecular weight is 258 g/mol. The summed E-state index contributed by atoms with van der Waals surface area (Å²) < 4.78 is 0. The highest BCUT2D eigenvalue weighted by Gasteiger charge is 2.26. The molecule has 1 atom stereocenters. The molecule has 1 fully saturated rings. The number of allylic oxidation sites excluding steroid dienone is 5. The lowest BCUT2D eigenvalue weighted by Gasteiger charge is -2.37. The molecule has 0 amide bonds.